The molecule has 7 rings (SSSR count). The third-order valence-electron chi connectivity index (χ3n) is 11.3. The molecule has 2 aromatic heterocycles. The van der Waals surface area contributed by atoms with Gasteiger partial charge in [0.05, 0.1) is 23.1 Å². The molecule has 51 heavy (non-hydrogen) atoms. The Morgan fingerprint density at radius 1 is 1.02 bits per heavy atom. The number of aliphatic carboxylic acids is 1. The molecule has 5 atom stereocenters. The number of likely N-dealkylation sites (tertiary alicyclic amines) is 1. The van der Waals surface area contributed by atoms with Crippen LogP contribution in [0.15, 0.2) is 48.0 Å². The van der Waals surface area contributed by atoms with Gasteiger partial charge in [-0.15, -0.1) is 11.3 Å². The van der Waals surface area contributed by atoms with Crippen molar-refractivity contribution in [1.29, 1.82) is 0 Å². The number of benzene rings is 1. The minimum atomic E-state index is -4.92. The van der Waals surface area contributed by atoms with Gasteiger partial charge < -0.3 is 19.6 Å². The van der Waals surface area contributed by atoms with Crippen molar-refractivity contribution in [3.63, 3.8) is 0 Å². The number of aromatic nitrogens is 1. The Morgan fingerprint density at radius 3 is 2.43 bits per heavy atom. The summed E-state index contributed by atoms with van der Waals surface area (Å²) in [6.45, 7) is 3.85. The predicted octanol–water partition coefficient (Wildman–Crippen LogP) is 7.49. The second-order valence-electron chi connectivity index (χ2n) is 14.1. The topological polar surface area (TPSA) is 100 Å². The zero-order valence-electron chi connectivity index (χ0n) is 27.7. The second kappa shape index (κ2) is 12.0. The molecule has 272 valence electrons. The first-order valence-electron chi connectivity index (χ1n) is 16.8. The second-order valence-corrected chi connectivity index (χ2v) is 15.0. The summed E-state index contributed by atoms with van der Waals surface area (Å²) in [5, 5.41) is 11.0. The molecular weight excluding hydrogens is 700 g/mol. The third-order valence-corrected chi connectivity index (χ3v) is 12.2. The zero-order valence-corrected chi connectivity index (χ0v) is 28.6. The fraction of sp³-hybridized carbons (Fsp3) is 0.500. The van der Waals surface area contributed by atoms with Crippen LogP contribution in [-0.2, 0) is 33.9 Å². The highest BCUT2D eigenvalue weighted by Gasteiger charge is 2.78. The van der Waals surface area contributed by atoms with Crippen LogP contribution in [0.2, 0.25) is 0 Å². The van der Waals surface area contributed by atoms with E-state index in [0.717, 1.165) is 46.5 Å². The number of amides is 2. The number of carboxylic acid groups (broad SMARTS) is 1. The fourth-order valence-corrected chi connectivity index (χ4v) is 9.69. The number of pyridine rings is 1. The number of hydrogen-bond acceptors (Lipinski definition) is 6. The van der Waals surface area contributed by atoms with Gasteiger partial charge in [0.1, 0.15) is 16.3 Å². The van der Waals surface area contributed by atoms with Crippen LogP contribution in [-0.4, -0.2) is 61.9 Å². The minimum absolute atomic E-state index is 0.0331. The molecule has 2 saturated carbocycles. The third kappa shape index (κ3) is 5.48. The van der Waals surface area contributed by atoms with Gasteiger partial charge in [-0.1, -0.05) is 37.1 Å². The highest BCUT2D eigenvalue weighted by Crippen LogP contribution is 2.66. The number of alkyl halides is 6. The van der Waals surface area contributed by atoms with Gasteiger partial charge in [-0.2, -0.15) is 26.3 Å². The summed E-state index contributed by atoms with van der Waals surface area (Å²) >= 11 is 0.382. The van der Waals surface area contributed by atoms with E-state index in [-0.39, 0.29) is 44.5 Å². The molecule has 2 aliphatic carbocycles. The largest absolute Gasteiger partial charge is 0.481 e. The van der Waals surface area contributed by atoms with E-state index in [4.69, 9.17) is 4.74 Å². The number of halogens is 6. The maximum atomic E-state index is 15.6. The first kappa shape index (κ1) is 35.3. The number of aryl methyl sites for hydroxylation is 1. The first-order valence-corrected chi connectivity index (χ1v) is 17.7. The van der Waals surface area contributed by atoms with Crippen LogP contribution in [0.4, 0.5) is 26.3 Å². The summed E-state index contributed by atoms with van der Waals surface area (Å²) < 4.78 is 90.5. The van der Waals surface area contributed by atoms with Crippen molar-refractivity contribution in [2.45, 2.75) is 87.8 Å². The molecule has 2 unspecified atom stereocenters. The zero-order chi connectivity index (χ0) is 36.7. The summed E-state index contributed by atoms with van der Waals surface area (Å²) in [4.78, 5) is 47.6. The Morgan fingerprint density at radius 2 is 1.78 bits per heavy atom. The summed E-state index contributed by atoms with van der Waals surface area (Å²) in [5.41, 5.74) is -3.95. The first-order chi connectivity index (χ1) is 24.0. The number of thiophene rings is 1. The van der Waals surface area contributed by atoms with Crippen LogP contribution in [0.3, 0.4) is 0 Å². The molecule has 1 aromatic carbocycles. The fourth-order valence-electron chi connectivity index (χ4n) is 9.01. The van der Waals surface area contributed by atoms with Gasteiger partial charge in [-0.05, 0) is 67.7 Å². The summed E-state index contributed by atoms with van der Waals surface area (Å²) in [7, 11) is 0. The average Bonchev–Trinajstić information content (AvgIpc) is 3.90. The van der Waals surface area contributed by atoms with Gasteiger partial charge in [0, 0.05) is 37.2 Å². The Labute approximate surface area is 293 Å². The molecule has 4 aliphatic rings. The van der Waals surface area contributed by atoms with Gasteiger partial charge >= 0.3 is 18.3 Å². The Hall–Kier alpha value is -4.14. The monoisotopic (exact) mass is 735 g/mol. The molecule has 0 bridgehead atoms. The number of nitrogens with zero attached hydrogens (tertiary/aromatic N) is 3. The average molecular weight is 736 g/mol. The van der Waals surface area contributed by atoms with E-state index in [1.165, 1.54) is 4.90 Å². The molecule has 3 aromatic rings. The number of ether oxygens (including phenoxy) is 1. The quantitative estimate of drug-likeness (QED) is 0.253. The van der Waals surface area contributed by atoms with Gasteiger partial charge in [0.2, 0.25) is 5.60 Å². The summed E-state index contributed by atoms with van der Waals surface area (Å²) in [6, 6.07) is 8.38. The van der Waals surface area contributed by atoms with Crippen molar-refractivity contribution in [3.8, 4) is 5.75 Å². The van der Waals surface area contributed by atoms with Crippen LogP contribution < -0.4 is 4.74 Å². The normalized spacial score (nSPS) is 28.5. The number of rotatable bonds is 7. The van der Waals surface area contributed by atoms with Gasteiger partial charge in [-0.3, -0.25) is 19.4 Å². The lowest BCUT2D eigenvalue weighted by Crippen LogP contribution is -2.72. The SMILES string of the molecule is CC[C@@H]1C[C@]12N(C(=O)c1ncccc1C(F)(F)F)CCC[C@@]2(Oc1csc(C(F)(F)F)c1)C(=O)N1CCc2cc(C)ccc2C12CC2CC(=O)O. The molecule has 2 aliphatic heterocycles. The summed E-state index contributed by atoms with van der Waals surface area (Å²) in [6.07, 6.45) is -7.44. The number of fused-ring (bicyclic) bond motifs is 2. The van der Waals surface area contributed by atoms with Crippen molar-refractivity contribution < 1.29 is 50.6 Å². The minimum Gasteiger partial charge on any atom is -0.481 e. The maximum absolute atomic E-state index is 15.6. The number of hydrogen-bond donors (Lipinski definition) is 1. The molecule has 3 fully saturated rings. The highest BCUT2D eigenvalue weighted by molar-refractivity contribution is 7.10. The lowest BCUT2D eigenvalue weighted by Gasteiger charge is -2.53. The molecule has 0 radical (unpaired) electrons. The number of carbonyl (C=O) groups is 3. The van der Waals surface area contributed by atoms with Crippen LogP contribution in [0, 0.1) is 18.8 Å². The lowest BCUT2D eigenvalue weighted by molar-refractivity contribution is -0.167. The number of carbonyl (C=O) groups excluding carboxylic acids is 2. The van der Waals surface area contributed by atoms with Crippen LogP contribution in [0.25, 0.3) is 0 Å². The number of piperidine rings is 1. The van der Waals surface area contributed by atoms with E-state index in [0.29, 0.717) is 30.6 Å². The Balaban J connectivity index is 1.39. The van der Waals surface area contributed by atoms with Gasteiger partial charge in [0.15, 0.2) is 0 Å². The Bertz CT molecular complexity index is 1910. The van der Waals surface area contributed by atoms with Crippen molar-refractivity contribution >= 4 is 29.1 Å². The predicted molar refractivity (Wildman–Crippen MR) is 172 cm³/mol. The van der Waals surface area contributed by atoms with E-state index < -0.39 is 74.8 Å². The Kier molecular flexibility index (Phi) is 8.27. The standard InChI is InChI=1S/C36H35F6N3O5S/c1-3-22-18-33(22)34(50-24-16-27(51-19-24)36(40,41)42,10-5-12-44(33)30(48)29-26(35(37,38)39)6-4-11-43-29)31(49)45-13-9-21-14-20(2)7-8-25(21)32(45)17-23(32)15-28(46)47/h4,6-8,11,14,16,19,22-23H,3,5,9-10,12-13,15,17-18H2,1-2H3,(H,46,47)/t22-,23?,32?,33+,34-/m1/s1. The van der Waals surface area contributed by atoms with Crippen molar-refractivity contribution in [2.24, 2.45) is 11.8 Å². The molecular formula is C36H35F6N3O5S. The molecule has 15 heteroatoms. The molecule has 1 N–H and O–H groups in total. The lowest BCUT2D eigenvalue weighted by atomic mass is 9.76. The molecule has 2 spiro atoms. The van der Waals surface area contributed by atoms with Gasteiger partial charge in [-0.25, -0.2) is 0 Å². The van der Waals surface area contributed by atoms with Crippen molar-refractivity contribution in [3.05, 3.63) is 80.8 Å². The van der Waals surface area contributed by atoms with Crippen molar-refractivity contribution in [1.82, 2.24) is 14.8 Å². The van der Waals surface area contributed by atoms with Crippen LogP contribution >= 0.6 is 11.3 Å². The van der Waals surface area contributed by atoms with E-state index in [9.17, 15) is 41.0 Å². The van der Waals surface area contributed by atoms with E-state index in [1.807, 2.05) is 32.0 Å². The maximum Gasteiger partial charge on any atom is 0.425 e. The molecule has 4 heterocycles. The van der Waals surface area contributed by atoms with Crippen LogP contribution in [0.5, 0.6) is 5.75 Å². The van der Waals surface area contributed by atoms with E-state index >= 15 is 4.79 Å². The van der Waals surface area contributed by atoms with Gasteiger partial charge in [0.25, 0.3) is 11.8 Å². The highest BCUT2D eigenvalue weighted by atomic mass is 32.1. The summed E-state index contributed by atoms with van der Waals surface area (Å²) in [5.74, 6) is -3.89. The smallest absolute Gasteiger partial charge is 0.425 e. The molecule has 1 saturated heterocycles. The van der Waals surface area contributed by atoms with E-state index in [2.05, 4.69) is 4.98 Å². The van der Waals surface area contributed by atoms with E-state index in [1.54, 1.807) is 4.90 Å². The molecule has 2 amide bonds. The molecule has 8 nitrogen and oxygen atoms in total. The van der Waals surface area contributed by atoms with Crippen molar-refractivity contribution in [2.75, 3.05) is 13.1 Å². The van der Waals surface area contributed by atoms with Crippen LogP contribution in [0.1, 0.15) is 83.1 Å². The number of carboxylic acids is 1.